The topological polar surface area (TPSA) is 40.5 Å². The van der Waals surface area contributed by atoms with Crippen molar-refractivity contribution in [2.45, 2.75) is 76.8 Å². The number of nitrogens with zero attached hydrogens (tertiary/aromatic N) is 1. The molecule has 104 valence electrons. The van der Waals surface area contributed by atoms with Crippen molar-refractivity contribution in [2.24, 2.45) is 5.92 Å². The summed E-state index contributed by atoms with van der Waals surface area (Å²) < 4.78 is 0. The summed E-state index contributed by atoms with van der Waals surface area (Å²) in [7, 11) is 0. The van der Waals surface area contributed by atoms with Gasteiger partial charge in [-0.25, -0.2) is 0 Å². The second-order valence-corrected chi connectivity index (χ2v) is 6.05. The minimum atomic E-state index is -0.609. The normalized spacial score (nSPS) is 34.4. The molecule has 0 radical (unpaired) electrons. The summed E-state index contributed by atoms with van der Waals surface area (Å²) in [6.45, 7) is 3.27. The molecule has 2 aliphatic rings. The number of hydrogen-bond acceptors (Lipinski definition) is 2. The van der Waals surface area contributed by atoms with Crippen LogP contribution in [0.15, 0.2) is 0 Å². The van der Waals surface area contributed by atoms with Crippen molar-refractivity contribution in [3.63, 3.8) is 0 Å². The summed E-state index contributed by atoms with van der Waals surface area (Å²) >= 11 is 0. The maximum Gasteiger partial charge on any atom is 0.320 e. The Morgan fingerprint density at radius 3 is 2.72 bits per heavy atom. The number of hydrogen-bond donors (Lipinski definition) is 1. The summed E-state index contributed by atoms with van der Waals surface area (Å²) in [6.07, 6.45) is 10.9. The molecule has 3 heteroatoms. The highest BCUT2D eigenvalue weighted by Crippen LogP contribution is 2.32. The average Bonchev–Trinajstić information content (AvgIpc) is 2.72. The van der Waals surface area contributed by atoms with Crippen LogP contribution in [0.4, 0.5) is 0 Å². The summed E-state index contributed by atoms with van der Waals surface area (Å²) in [5, 5.41) is 9.28. The van der Waals surface area contributed by atoms with Crippen molar-refractivity contribution in [3.8, 4) is 0 Å². The van der Waals surface area contributed by atoms with E-state index in [1.165, 1.54) is 44.9 Å². The van der Waals surface area contributed by atoms with Gasteiger partial charge in [-0.15, -0.1) is 0 Å². The lowest BCUT2D eigenvalue weighted by atomic mass is 9.95. The molecule has 2 rings (SSSR count). The van der Waals surface area contributed by atoms with E-state index < -0.39 is 5.97 Å². The Bertz CT molecular complexity index is 280. The van der Waals surface area contributed by atoms with Gasteiger partial charge in [0.15, 0.2) is 0 Å². The molecule has 0 aromatic carbocycles. The molecule has 0 spiro atoms. The first-order valence-electron chi connectivity index (χ1n) is 7.71. The second-order valence-electron chi connectivity index (χ2n) is 6.05. The fourth-order valence-corrected chi connectivity index (χ4v) is 3.88. The predicted octanol–water partition coefficient (Wildman–Crippen LogP) is 3.28. The first-order valence-corrected chi connectivity index (χ1v) is 7.71. The van der Waals surface area contributed by atoms with Crippen LogP contribution < -0.4 is 0 Å². The summed E-state index contributed by atoms with van der Waals surface area (Å²) in [4.78, 5) is 13.6. The molecule has 3 nitrogen and oxygen atoms in total. The van der Waals surface area contributed by atoms with E-state index in [2.05, 4.69) is 11.8 Å². The highest BCUT2D eigenvalue weighted by molar-refractivity contribution is 5.73. The molecule has 18 heavy (non-hydrogen) atoms. The van der Waals surface area contributed by atoms with Gasteiger partial charge in [0.25, 0.3) is 0 Å². The molecule has 3 atom stereocenters. The minimum Gasteiger partial charge on any atom is -0.480 e. The Labute approximate surface area is 111 Å². The third kappa shape index (κ3) is 3.25. The number of carboxylic acid groups (broad SMARTS) is 1. The maximum atomic E-state index is 11.3. The number of likely N-dealkylation sites (tertiary alicyclic amines) is 1. The molecule has 0 bridgehead atoms. The zero-order chi connectivity index (χ0) is 13.0. The molecular weight excluding hydrogens is 226 g/mol. The Balaban J connectivity index is 1.91. The third-order valence-electron chi connectivity index (χ3n) is 4.80. The average molecular weight is 253 g/mol. The van der Waals surface area contributed by atoms with Gasteiger partial charge in [0.2, 0.25) is 0 Å². The highest BCUT2D eigenvalue weighted by Gasteiger charge is 2.35. The van der Waals surface area contributed by atoms with Gasteiger partial charge in [0, 0.05) is 6.04 Å². The zero-order valence-corrected chi connectivity index (χ0v) is 11.6. The molecule has 1 saturated carbocycles. The van der Waals surface area contributed by atoms with Crippen LogP contribution in [0.1, 0.15) is 64.7 Å². The van der Waals surface area contributed by atoms with Crippen molar-refractivity contribution in [3.05, 3.63) is 0 Å². The van der Waals surface area contributed by atoms with Crippen LogP contribution in [0.3, 0.4) is 0 Å². The molecule has 0 aromatic heterocycles. The van der Waals surface area contributed by atoms with E-state index >= 15 is 0 Å². The molecule has 1 N–H and O–H groups in total. The number of carboxylic acids is 1. The molecule has 1 aliphatic carbocycles. The summed E-state index contributed by atoms with van der Waals surface area (Å²) in [6, 6.07) is 0.341. The lowest BCUT2D eigenvalue weighted by Crippen LogP contribution is -2.43. The first kappa shape index (κ1) is 13.9. The van der Waals surface area contributed by atoms with Gasteiger partial charge >= 0.3 is 5.97 Å². The van der Waals surface area contributed by atoms with Crippen molar-refractivity contribution in [1.82, 2.24) is 4.90 Å². The molecule has 1 saturated heterocycles. The lowest BCUT2D eigenvalue weighted by Gasteiger charge is -2.30. The number of carbonyl (C=O) groups is 1. The van der Waals surface area contributed by atoms with E-state index in [4.69, 9.17) is 0 Å². The Morgan fingerprint density at radius 1 is 1.17 bits per heavy atom. The van der Waals surface area contributed by atoms with Crippen molar-refractivity contribution in [1.29, 1.82) is 0 Å². The fourth-order valence-electron chi connectivity index (χ4n) is 3.88. The van der Waals surface area contributed by atoms with Crippen molar-refractivity contribution in [2.75, 3.05) is 6.54 Å². The van der Waals surface area contributed by atoms with E-state index in [1.807, 2.05) is 0 Å². The Hall–Kier alpha value is -0.570. The van der Waals surface area contributed by atoms with Crippen LogP contribution in [0.2, 0.25) is 0 Å². The van der Waals surface area contributed by atoms with Crippen LogP contribution in [-0.4, -0.2) is 34.6 Å². The molecule has 1 aliphatic heterocycles. The maximum absolute atomic E-state index is 11.3. The molecule has 3 unspecified atom stereocenters. The van der Waals surface area contributed by atoms with Gasteiger partial charge in [0.05, 0.1) is 0 Å². The quantitative estimate of drug-likeness (QED) is 0.782. The monoisotopic (exact) mass is 253 g/mol. The van der Waals surface area contributed by atoms with Crippen molar-refractivity contribution >= 4 is 5.97 Å². The van der Waals surface area contributed by atoms with Gasteiger partial charge < -0.3 is 5.11 Å². The number of rotatable bonds is 4. The predicted molar refractivity (Wildman–Crippen MR) is 72.6 cm³/mol. The summed E-state index contributed by atoms with van der Waals surface area (Å²) in [5.74, 6) is 0.285. The fraction of sp³-hybridized carbons (Fsp3) is 0.933. The second kappa shape index (κ2) is 6.55. The molecule has 2 fully saturated rings. The minimum absolute atomic E-state index is 0.197. The third-order valence-corrected chi connectivity index (χ3v) is 4.80. The van der Waals surface area contributed by atoms with Crippen molar-refractivity contribution < 1.29 is 9.90 Å². The van der Waals surface area contributed by atoms with Crippen LogP contribution in [0, 0.1) is 5.92 Å². The standard InChI is InChI=1S/C15H27NO2/c1-2-5-12-6-3-7-13(10-9-12)16-11-4-8-14(16)15(17)18/h12-14H,2-11H2,1H3,(H,17,18). The van der Waals surface area contributed by atoms with E-state index in [9.17, 15) is 9.90 Å². The first-order chi connectivity index (χ1) is 8.72. The van der Waals surface area contributed by atoms with Crippen LogP contribution in [0.5, 0.6) is 0 Å². The van der Waals surface area contributed by atoms with E-state index in [-0.39, 0.29) is 6.04 Å². The Morgan fingerprint density at radius 2 is 2.00 bits per heavy atom. The van der Waals surface area contributed by atoms with Crippen LogP contribution in [0.25, 0.3) is 0 Å². The van der Waals surface area contributed by atoms with Gasteiger partial charge in [0.1, 0.15) is 6.04 Å². The van der Waals surface area contributed by atoms with Gasteiger partial charge in [-0.1, -0.05) is 32.6 Å². The largest absolute Gasteiger partial charge is 0.480 e. The molecule has 0 aromatic rings. The SMILES string of the molecule is CCCC1CCCC(N2CCCC2C(=O)O)CC1. The van der Waals surface area contributed by atoms with E-state index in [0.29, 0.717) is 6.04 Å². The van der Waals surface area contributed by atoms with E-state index in [1.54, 1.807) is 0 Å². The highest BCUT2D eigenvalue weighted by atomic mass is 16.4. The molecule has 0 amide bonds. The summed E-state index contributed by atoms with van der Waals surface area (Å²) in [5.41, 5.74) is 0. The van der Waals surface area contributed by atoms with Crippen LogP contribution >= 0.6 is 0 Å². The number of aliphatic carboxylic acids is 1. The zero-order valence-electron chi connectivity index (χ0n) is 11.6. The Kier molecular flexibility index (Phi) is 5.04. The van der Waals surface area contributed by atoms with Gasteiger partial charge in [-0.3, -0.25) is 9.69 Å². The molecule has 1 heterocycles. The molecular formula is C15H27NO2. The lowest BCUT2D eigenvalue weighted by molar-refractivity contribution is -0.143. The smallest absolute Gasteiger partial charge is 0.320 e. The van der Waals surface area contributed by atoms with E-state index in [0.717, 1.165) is 25.3 Å². The van der Waals surface area contributed by atoms with Gasteiger partial charge in [-0.2, -0.15) is 0 Å². The van der Waals surface area contributed by atoms with Gasteiger partial charge in [-0.05, 0) is 44.6 Å². The van der Waals surface area contributed by atoms with Crippen LogP contribution in [-0.2, 0) is 4.79 Å².